The highest BCUT2D eigenvalue weighted by molar-refractivity contribution is 6.27. The lowest BCUT2D eigenvalue weighted by molar-refractivity contribution is -0.159. The highest BCUT2D eigenvalue weighted by Crippen LogP contribution is 2.23. The Kier molecular flexibility index (Phi) is 10.4. The summed E-state index contributed by atoms with van der Waals surface area (Å²) in [5.74, 6) is -1.71. The molecule has 0 aliphatic carbocycles. The Morgan fingerprint density at radius 1 is 0.800 bits per heavy atom. The van der Waals surface area contributed by atoms with Crippen molar-refractivity contribution in [3.63, 3.8) is 0 Å². The Balaban J connectivity index is 0.000000656. The Bertz CT molecular complexity index is 755. The number of carbonyl (C=O) groups is 2. The summed E-state index contributed by atoms with van der Waals surface area (Å²) in [5.41, 5.74) is 2.51. The molecule has 2 N–H and O–H groups in total. The SMILES string of the molecule is COc1ccccc1CC(C)N(C)C(C)Cc1ccccc1OC.O=C(O)C(=O)O. The normalized spacial score (nSPS) is 12.3. The van der Waals surface area contributed by atoms with Gasteiger partial charge in [-0.15, -0.1) is 0 Å². The summed E-state index contributed by atoms with van der Waals surface area (Å²) < 4.78 is 11.0. The van der Waals surface area contributed by atoms with Gasteiger partial charge in [-0.1, -0.05) is 36.4 Å². The Labute approximate surface area is 177 Å². The van der Waals surface area contributed by atoms with Gasteiger partial charge < -0.3 is 24.6 Å². The van der Waals surface area contributed by atoms with Crippen molar-refractivity contribution in [1.29, 1.82) is 0 Å². The first-order valence-electron chi connectivity index (χ1n) is 9.63. The summed E-state index contributed by atoms with van der Waals surface area (Å²) in [6.07, 6.45) is 1.94. The summed E-state index contributed by atoms with van der Waals surface area (Å²) >= 11 is 0. The van der Waals surface area contributed by atoms with E-state index in [0.29, 0.717) is 12.1 Å². The van der Waals surface area contributed by atoms with Crippen molar-refractivity contribution < 1.29 is 29.3 Å². The van der Waals surface area contributed by atoms with Crippen LogP contribution in [0.3, 0.4) is 0 Å². The van der Waals surface area contributed by atoms with Crippen molar-refractivity contribution in [2.24, 2.45) is 0 Å². The fraction of sp³-hybridized carbons (Fsp3) is 0.391. The molecule has 30 heavy (non-hydrogen) atoms. The van der Waals surface area contributed by atoms with E-state index in [-0.39, 0.29) is 0 Å². The predicted molar refractivity (Wildman–Crippen MR) is 115 cm³/mol. The van der Waals surface area contributed by atoms with Gasteiger partial charge in [0.25, 0.3) is 0 Å². The molecule has 164 valence electrons. The van der Waals surface area contributed by atoms with E-state index in [1.54, 1.807) is 14.2 Å². The van der Waals surface area contributed by atoms with Gasteiger partial charge >= 0.3 is 11.9 Å². The number of methoxy groups -OCH3 is 2. The Hall–Kier alpha value is -3.06. The van der Waals surface area contributed by atoms with Crippen LogP contribution in [-0.2, 0) is 22.4 Å². The number of para-hydroxylation sites is 2. The molecule has 0 radical (unpaired) electrons. The van der Waals surface area contributed by atoms with Crippen molar-refractivity contribution in [3.05, 3.63) is 59.7 Å². The number of benzene rings is 2. The van der Waals surface area contributed by atoms with E-state index < -0.39 is 11.9 Å². The monoisotopic (exact) mass is 417 g/mol. The lowest BCUT2D eigenvalue weighted by Crippen LogP contribution is -2.39. The molecule has 2 atom stereocenters. The molecule has 0 amide bonds. The van der Waals surface area contributed by atoms with Crippen molar-refractivity contribution in [2.45, 2.75) is 38.8 Å². The van der Waals surface area contributed by atoms with Gasteiger partial charge in [-0.3, -0.25) is 0 Å². The topological polar surface area (TPSA) is 96.3 Å². The fourth-order valence-corrected chi connectivity index (χ4v) is 3.10. The smallest absolute Gasteiger partial charge is 0.414 e. The number of nitrogens with zero attached hydrogens (tertiary/aromatic N) is 1. The van der Waals surface area contributed by atoms with E-state index >= 15 is 0 Å². The summed E-state index contributed by atoms with van der Waals surface area (Å²) in [7, 11) is 5.66. The van der Waals surface area contributed by atoms with Gasteiger partial charge in [-0.2, -0.15) is 0 Å². The van der Waals surface area contributed by atoms with Gasteiger partial charge in [-0.05, 0) is 57.0 Å². The van der Waals surface area contributed by atoms with Crippen LogP contribution in [0.2, 0.25) is 0 Å². The van der Waals surface area contributed by atoms with E-state index in [9.17, 15) is 0 Å². The molecule has 0 spiro atoms. The summed E-state index contributed by atoms with van der Waals surface area (Å²) in [5, 5.41) is 14.8. The van der Waals surface area contributed by atoms with Crippen LogP contribution in [0.4, 0.5) is 0 Å². The molecule has 7 heteroatoms. The highest BCUT2D eigenvalue weighted by atomic mass is 16.5. The number of likely N-dealkylation sites (N-methyl/N-ethyl adjacent to an activating group) is 1. The number of ether oxygens (including phenoxy) is 2. The third-order valence-corrected chi connectivity index (χ3v) is 4.99. The van der Waals surface area contributed by atoms with Gasteiger partial charge in [0.15, 0.2) is 0 Å². The molecule has 0 bridgehead atoms. The van der Waals surface area contributed by atoms with Crippen LogP contribution in [0.25, 0.3) is 0 Å². The van der Waals surface area contributed by atoms with Crippen LogP contribution in [-0.4, -0.2) is 60.4 Å². The lowest BCUT2D eigenvalue weighted by atomic mass is 10.0. The van der Waals surface area contributed by atoms with Crippen molar-refractivity contribution in [1.82, 2.24) is 4.90 Å². The molecule has 0 saturated heterocycles. The molecule has 2 unspecified atom stereocenters. The van der Waals surface area contributed by atoms with Gasteiger partial charge in [0, 0.05) is 12.1 Å². The summed E-state index contributed by atoms with van der Waals surface area (Å²) in [6, 6.07) is 17.4. The second kappa shape index (κ2) is 12.5. The van der Waals surface area contributed by atoms with Crippen molar-refractivity contribution in [2.75, 3.05) is 21.3 Å². The average molecular weight is 418 g/mol. The van der Waals surface area contributed by atoms with E-state index in [0.717, 1.165) is 24.3 Å². The third-order valence-electron chi connectivity index (χ3n) is 4.99. The Morgan fingerprint density at radius 2 is 1.13 bits per heavy atom. The highest BCUT2D eigenvalue weighted by Gasteiger charge is 2.19. The van der Waals surface area contributed by atoms with Gasteiger partial charge in [0.05, 0.1) is 14.2 Å². The van der Waals surface area contributed by atoms with E-state index in [4.69, 9.17) is 29.3 Å². The van der Waals surface area contributed by atoms with Crippen LogP contribution in [0, 0.1) is 0 Å². The molecule has 2 aromatic carbocycles. The minimum absolute atomic E-state index is 0.422. The number of hydrogen-bond acceptors (Lipinski definition) is 5. The molecular weight excluding hydrogens is 386 g/mol. The molecule has 7 nitrogen and oxygen atoms in total. The minimum atomic E-state index is -1.82. The fourth-order valence-electron chi connectivity index (χ4n) is 3.10. The zero-order valence-corrected chi connectivity index (χ0v) is 18.2. The molecule has 2 rings (SSSR count). The number of rotatable bonds is 8. The molecule has 2 aromatic rings. The second-order valence-corrected chi connectivity index (χ2v) is 7.01. The van der Waals surface area contributed by atoms with Gasteiger partial charge in [-0.25, -0.2) is 9.59 Å². The Morgan fingerprint density at radius 3 is 1.43 bits per heavy atom. The average Bonchev–Trinajstić information content (AvgIpc) is 2.74. The molecular formula is C23H31NO6. The van der Waals surface area contributed by atoms with Gasteiger partial charge in [0.1, 0.15) is 11.5 Å². The second-order valence-electron chi connectivity index (χ2n) is 7.01. The third kappa shape index (κ3) is 7.75. The first-order chi connectivity index (χ1) is 14.2. The zero-order valence-electron chi connectivity index (χ0n) is 18.2. The largest absolute Gasteiger partial charge is 0.496 e. The van der Waals surface area contributed by atoms with E-state index in [2.05, 4.69) is 50.1 Å². The molecule has 0 aliphatic rings. The first-order valence-corrected chi connectivity index (χ1v) is 9.63. The number of carboxylic acids is 2. The number of carboxylic acid groups (broad SMARTS) is 2. The lowest BCUT2D eigenvalue weighted by Gasteiger charge is -2.31. The van der Waals surface area contributed by atoms with E-state index in [1.807, 2.05) is 24.3 Å². The van der Waals surface area contributed by atoms with Crippen LogP contribution in [0.15, 0.2) is 48.5 Å². The quantitative estimate of drug-likeness (QED) is 0.636. The van der Waals surface area contributed by atoms with Crippen LogP contribution < -0.4 is 9.47 Å². The molecule has 0 fully saturated rings. The summed E-state index contributed by atoms with van der Waals surface area (Å²) in [6.45, 7) is 4.54. The van der Waals surface area contributed by atoms with Gasteiger partial charge in [0.2, 0.25) is 0 Å². The van der Waals surface area contributed by atoms with E-state index in [1.165, 1.54) is 11.1 Å². The van der Waals surface area contributed by atoms with Crippen LogP contribution in [0.5, 0.6) is 11.5 Å². The van der Waals surface area contributed by atoms with Crippen molar-refractivity contribution >= 4 is 11.9 Å². The zero-order chi connectivity index (χ0) is 22.7. The maximum absolute atomic E-state index is 9.10. The molecule has 0 aliphatic heterocycles. The first kappa shape index (κ1) is 25.0. The standard InChI is InChI=1S/C21H29NO2.C2H2O4/c1-16(14-18-10-6-8-12-20(18)23-4)22(3)17(2)15-19-11-7-9-13-21(19)24-5;3-1(4)2(5)6/h6-13,16-17H,14-15H2,1-5H3;(H,3,4)(H,5,6). The molecule has 0 heterocycles. The molecule has 0 saturated carbocycles. The number of hydrogen-bond donors (Lipinski definition) is 2. The van der Waals surface area contributed by atoms with Crippen LogP contribution >= 0.6 is 0 Å². The minimum Gasteiger partial charge on any atom is -0.496 e. The summed E-state index contributed by atoms with van der Waals surface area (Å²) in [4.78, 5) is 20.6. The maximum atomic E-state index is 9.10. The maximum Gasteiger partial charge on any atom is 0.414 e. The molecule has 0 aromatic heterocycles. The predicted octanol–water partition coefficient (Wildman–Crippen LogP) is 3.35. The van der Waals surface area contributed by atoms with Crippen molar-refractivity contribution in [3.8, 4) is 11.5 Å². The van der Waals surface area contributed by atoms with Crippen LogP contribution in [0.1, 0.15) is 25.0 Å². The number of aliphatic carboxylic acids is 2.